The molecule has 1 fully saturated rings. The summed E-state index contributed by atoms with van der Waals surface area (Å²) in [7, 11) is 1.38. The average molecular weight is 1360 g/mol. The number of primary amides is 1. The molecular weight excluding hydrogens is 1260 g/mol. The Morgan fingerprint density at radius 3 is 1.75 bits per heavy atom. The van der Waals surface area contributed by atoms with Crippen molar-refractivity contribution in [1.29, 1.82) is 0 Å². The van der Waals surface area contributed by atoms with Crippen molar-refractivity contribution in [1.82, 2.24) is 57.7 Å². The number of fused-ring (bicyclic) bond motifs is 1. The number of thioether (sulfide) groups is 1. The van der Waals surface area contributed by atoms with Crippen LogP contribution in [-0.4, -0.2) is 191 Å². The number of H-pyrrole nitrogens is 1. The van der Waals surface area contributed by atoms with Crippen LogP contribution in [0.1, 0.15) is 94.7 Å². The summed E-state index contributed by atoms with van der Waals surface area (Å²) in [6.45, 7) is 3.88. The number of unbranched alkanes of at least 4 members (excludes halogenated alkanes) is 3. The van der Waals surface area contributed by atoms with Crippen LogP contribution in [0, 0.1) is 5.92 Å². The number of rotatable bonds is 34. The Bertz CT molecular complexity index is 3200. The molecule has 2 unspecified atom stereocenters. The molecule has 1 aromatic heterocycles. The fourth-order valence-corrected chi connectivity index (χ4v) is 11.8. The SMILES string of the molecule is CC(C)[C@@H]1NC(=O)[C@H](CCCCN)NC(=O)[C@@H](Cc2c[nH]c3ccccc23)NC(=O)[C@H](Cc2ccc(O)cc2)NC(=O)C(Cc2ccccc2)N(C)C(=O)C(CCSCC(=O)N[C@H](CN)C(=O)N[C@@H](CCCCN)C(=O)N[C@@H](CS)C(=O)N[C@@H](CCCCN)C(N)=O)NC1=O. The van der Waals surface area contributed by atoms with Gasteiger partial charge in [0.25, 0.3) is 0 Å². The summed E-state index contributed by atoms with van der Waals surface area (Å²) < 4.78 is 0. The number of hydrogen-bond donors (Lipinski definition) is 17. The van der Waals surface area contributed by atoms with Gasteiger partial charge in [-0.15, -0.1) is 0 Å². The number of phenolic OH excluding ortho intramolecular Hbond substituents is 1. The first kappa shape index (κ1) is 77.4. The van der Waals surface area contributed by atoms with Gasteiger partial charge in [-0.05, 0) is 130 Å². The fraction of sp³-hybridized carbons (Fsp3) is 0.523. The van der Waals surface area contributed by atoms with E-state index in [1.807, 2.05) is 24.3 Å². The maximum Gasteiger partial charge on any atom is 0.245 e. The molecule has 1 aliphatic heterocycles. The molecule has 520 valence electrons. The van der Waals surface area contributed by atoms with Gasteiger partial charge < -0.3 is 91.5 Å². The molecule has 11 amide bonds. The van der Waals surface area contributed by atoms with Crippen molar-refractivity contribution in [3.63, 3.8) is 0 Å². The molecule has 5 rings (SSSR count). The number of nitrogens with zero attached hydrogens (tertiary/aromatic N) is 1. The number of aromatic hydroxyl groups is 1. The number of phenols is 1. The monoisotopic (exact) mass is 1360 g/mol. The van der Waals surface area contributed by atoms with E-state index in [0.29, 0.717) is 61.8 Å². The maximum absolute atomic E-state index is 15.2. The van der Waals surface area contributed by atoms with Crippen molar-refractivity contribution in [3.05, 3.63) is 102 Å². The van der Waals surface area contributed by atoms with Crippen LogP contribution in [0.15, 0.2) is 85.1 Å². The van der Waals surface area contributed by atoms with E-state index in [1.54, 1.807) is 62.5 Å². The minimum atomic E-state index is -1.42. The standard InChI is InChI=1S/C65H96N16O12S2/c1-38(2)55-64(92)76-48(26-30-95-37-54(83)72-51(34-69)61(89)75-46(20-10-13-28-67)57(85)79-52(36-94)62(90)73-45(56(70)84)19-9-12-27-66)65(93)81(3)53(32-39-15-5-4-6-16-39)63(91)78-49(31-40-22-24-42(82)25-23-40)59(87)77-50(33-41-35-71-44-18-8-7-17-43(41)44)60(88)74-47(58(86)80-55)21-11-14-29-68/h4-8,15-18,22-25,35,38,45-53,55,71,82,94H,9-14,19-21,26-34,36-37,66-69H2,1-3H3,(H2,70,84)(H,72,83)(H,73,90)(H,74,88)(H,75,89)(H,76,92)(H,77,87)(H,78,91)(H,79,85)(H,80,86)/t45-,46-,47-,48?,49-,50+,51+,52-,53?,55-/m0/s1. The number of nitrogens with two attached hydrogens (primary N) is 5. The predicted molar refractivity (Wildman–Crippen MR) is 365 cm³/mol. The number of likely N-dealkylation sites (N-methyl/N-ethyl adjacent to an activating group) is 1. The highest BCUT2D eigenvalue weighted by atomic mass is 32.2. The maximum atomic E-state index is 15.2. The fourth-order valence-electron chi connectivity index (χ4n) is 10.7. The zero-order chi connectivity index (χ0) is 69.6. The highest BCUT2D eigenvalue weighted by Crippen LogP contribution is 2.22. The molecule has 1 saturated heterocycles. The second-order valence-corrected chi connectivity index (χ2v) is 25.4. The van der Waals surface area contributed by atoms with Gasteiger partial charge in [-0.25, -0.2) is 0 Å². The first-order valence-electron chi connectivity index (χ1n) is 32.2. The Morgan fingerprint density at radius 2 is 1.12 bits per heavy atom. The molecule has 0 radical (unpaired) electrons. The van der Waals surface area contributed by atoms with E-state index in [1.165, 1.54) is 24.1 Å². The second-order valence-electron chi connectivity index (χ2n) is 23.9. The molecule has 0 bridgehead atoms. The van der Waals surface area contributed by atoms with E-state index in [0.717, 1.165) is 22.7 Å². The molecule has 1 aliphatic rings. The zero-order valence-corrected chi connectivity index (χ0v) is 55.9. The molecule has 0 saturated carbocycles. The van der Waals surface area contributed by atoms with E-state index < -0.39 is 138 Å². The quantitative estimate of drug-likeness (QED) is 0.0190. The molecule has 28 nitrogen and oxygen atoms in total. The van der Waals surface area contributed by atoms with Gasteiger partial charge in [0, 0.05) is 55.7 Å². The van der Waals surface area contributed by atoms with Crippen LogP contribution in [0.25, 0.3) is 10.9 Å². The van der Waals surface area contributed by atoms with Crippen LogP contribution in [0.5, 0.6) is 5.75 Å². The van der Waals surface area contributed by atoms with E-state index in [4.69, 9.17) is 28.7 Å². The van der Waals surface area contributed by atoms with Gasteiger partial charge in [0.15, 0.2) is 0 Å². The number of amides is 11. The van der Waals surface area contributed by atoms with Crippen molar-refractivity contribution in [3.8, 4) is 5.75 Å². The van der Waals surface area contributed by atoms with Crippen molar-refractivity contribution >= 4 is 100 Å². The number of thiol groups is 1. The number of carbonyl (C=O) groups is 11. The van der Waals surface area contributed by atoms with Gasteiger partial charge in [0.05, 0.1) is 5.75 Å². The lowest BCUT2D eigenvalue weighted by atomic mass is 9.98. The Kier molecular flexibility index (Phi) is 32.7. The zero-order valence-electron chi connectivity index (χ0n) is 54.2. The van der Waals surface area contributed by atoms with Crippen molar-refractivity contribution < 1.29 is 57.8 Å². The number of para-hydroxylation sites is 1. The smallest absolute Gasteiger partial charge is 0.245 e. The number of hydrogen-bond acceptors (Lipinski definition) is 18. The summed E-state index contributed by atoms with van der Waals surface area (Å²) in [5.41, 5.74) is 31.3. The molecule has 2 heterocycles. The number of benzene rings is 3. The normalized spacial score (nSPS) is 19.7. The number of nitrogens with one attached hydrogen (secondary N) is 10. The van der Waals surface area contributed by atoms with Crippen LogP contribution in [-0.2, 0) is 72.0 Å². The van der Waals surface area contributed by atoms with E-state index in [-0.39, 0.29) is 81.0 Å². The Hall–Kier alpha value is -8.29. The summed E-state index contributed by atoms with van der Waals surface area (Å²) in [6, 6.07) is 9.17. The summed E-state index contributed by atoms with van der Waals surface area (Å²) in [4.78, 5) is 161. The van der Waals surface area contributed by atoms with Gasteiger partial charge >= 0.3 is 0 Å². The summed E-state index contributed by atoms with van der Waals surface area (Å²) in [6.07, 6.45) is 4.44. The molecule has 30 heteroatoms. The van der Waals surface area contributed by atoms with E-state index in [9.17, 15) is 43.5 Å². The Balaban J connectivity index is 1.43. The first-order chi connectivity index (χ1) is 45.5. The minimum Gasteiger partial charge on any atom is -0.508 e. The number of aromatic nitrogens is 1. The first-order valence-corrected chi connectivity index (χ1v) is 33.9. The largest absolute Gasteiger partial charge is 0.508 e. The third-order valence-corrected chi connectivity index (χ3v) is 17.6. The van der Waals surface area contributed by atoms with Gasteiger partial charge in [-0.1, -0.05) is 74.5 Å². The molecule has 95 heavy (non-hydrogen) atoms. The molecule has 10 atom stereocenters. The number of aromatic amines is 1. The highest BCUT2D eigenvalue weighted by molar-refractivity contribution is 7.99. The number of carbonyl (C=O) groups excluding carboxylic acids is 11. The highest BCUT2D eigenvalue weighted by Gasteiger charge is 2.39. The molecule has 0 spiro atoms. The minimum absolute atomic E-state index is 0.00664. The summed E-state index contributed by atoms with van der Waals surface area (Å²) in [5, 5.41) is 35.5. The Morgan fingerprint density at radius 1 is 0.579 bits per heavy atom. The second kappa shape index (κ2) is 40.2. The van der Waals surface area contributed by atoms with Gasteiger partial charge in [0.2, 0.25) is 65.0 Å². The molecule has 3 aromatic carbocycles. The predicted octanol–water partition coefficient (Wildman–Crippen LogP) is -1.35. The molecule has 4 aromatic rings. The average Bonchev–Trinajstić information content (AvgIpc) is 1.91. The lowest BCUT2D eigenvalue weighted by Gasteiger charge is -2.34. The molecule has 21 N–H and O–H groups in total. The summed E-state index contributed by atoms with van der Waals surface area (Å²) >= 11 is 5.26. The van der Waals surface area contributed by atoms with Crippen LogP contribution in [0.3, 0.4) is 0 Å². The van der Waals surface area contributed by atoms with Crippen LogP contribution < -0.4 is 76.5 Å². The van der Waals surface area contributed by atoms with Gasteiger partial charge in [-0.2, -0.15) is 24.4 Å². The van der Waals surface area contributed by atoms with Gasteiger partial charge in [-0.3, -0.25) is 52.7 Å². The van der Waals surface area contributed by atoms with E-state index in [2.05, 4.69) is 65.5 Å². The van der Waals surface area contributed by atoms with E-state index >= 15 is 14.4 Å². The van der Waals surface area contributed by atoms with Crippen molar-refractivity contribution in [2.75, 3.05) is 50.5 Å². The molecule has 0 aliphatic carbocycles. The topological polar surface area (TPSA) is 465 Å². The van der Waals surface area contributed by atoms with Crippen molar-refractivity contribution in [2.45, 2.75) is 158 Å². The molecular formula is C65H96N16O12S2. The third kappa shape index (κ3) is 24.8. The lowest BCUT2D eigenvalue weighted by molar-refractivity contribution is -0.143. The van der Waals surface area contributed by atoms with Crippen molar-refractivity contribution in [2.24, 2.45) is 34.6 Å². The van der Waals surface area contributed by atoms with Crippen LogP contribution in [0.2, 0.25) is 0 Å². The third-order valence-electron chi connectivity index (χ3n) is 16.2. The van der Waals surface area contributed by atoms with Gasteiger partial charge in [0.1, 0.15) is 66.2 Å². The van der Waals surface area contributed by atoms with Crippen LogP contribution in [0.4, 0.5) is 0 Å². The van der Waals surface area contributed by atoms with Crippen LogP contribution >= 0.6 is 24.4 Å². The Labute approximate surface area is 563 Å². The lowest BCUT2D eigenvalue weighted by Crippen LogP contribution is -2.62. The summed E-state index contributed by atoms with van der Waals surface area (Å²) in [5.74, 6) is -9.47.